The Morgan fingerprint density at radius 2 is 1.54 bits per heavy atom. The predicted octanol–water partition coefficient (Wildman–Crippen LogP) is 4.96. The first-order valence-corrected chi connectivity index (χ1v) is 8.83. The number of nitrogens with zero attached hydrogens (tertiary/aromatic N) is 1. The van der Waals surface area contributed by atoms with Gasteiger partial charge in [0.05, 0.1) is 0 Å². The van der Waals surface area contributed by atoms with Crippen molar-refractivity contribution >= 4 is 24.8 Å². The Kier molecular flexibility index (Phi) is 9.51. The Labute approximate surface area is 165 Å². The van der Waals surface area contributed by atoms with Gasteiger partial charge in [0.15, 0.2) is 0 Å². The molecule has 2 fully saturated rings. The molecular weight excluding hydrogens is 388 g/mol. The third kappa shape index (κ3) is 6.48. The topological polar surface area (TPSA) is 24.5 Å². The number of alkyl halides is 3. The fourth-order valence-corrected chi connectivity index (χ4v) is 4.06. The number of ether oxygens (including phenoxy) is 1. The van der Waals surface area contributed by atoms with Crippen LogP contribution in [0.1, 0.15) is 43.7 Å². The highest BCUT2D eigenvalue weighted by molar-refractivity contribution is 5.85. The molecule has 3 rings (SSSR count). The van der Waals surface area contributed by atoms with E-state index in [2.05, 4.69) is 15.0 Å². The SMILES string of the molecule is Cl.Cl.FC(F)(F)Oc1ccc([C@@H](C2CCCCC2)N2CCNCC2)cc1. The minimum atomic E-state index is -4.64. The molecule has 1 aliphatic heterocycles. The van der Waals surface area contributed by atoms with Gasteiger partial charge in [0.2, 0.25) is 0 Å². The second-order valence-electron chi connectivity index (χ2n) is 6.75. The highest BCUT2D eigenvalue weighted by atomic mass is 35.5. The van der Waals surface area contributed by atoms with Crippen LogP contribution in [0.3, 0.4) is 0 Å². The van der Waals surface area contributed by atoms with E-state index >= 15 is 0 Å². The Hall–Kier alpha value is -0.690. The molecule has 0 amide bonds. The molecule has 0 unspecified atom stereocenters. The molecule has 26 heavy (non-hydrogen) atoms. The van der Waals surface area contributed by atoms with Gasteiger partial charge in [-0.15, -0.1) is 38.0 Å². The van der Waals surface area contributed by atoms with Gasteiger partial charge in [-0.05, 0) is 36.5 Å². The van der Waals surface area contributed by atoms with Crippen molar-refractivity contribution in [1.29, 1.82) is 0 Å². The maximum absolute atomic E-state index is 12.3. The van der Waals surface area contributed by atoms with Crippen LogP contribution in [-0.2, 0) is 0 Å². The molecule has 150 valence electrons. The largest absolute Gasteiger partial charge is 0.573 e. The summed E-state index contributed by atoms with van der Waals surface area (Å²) >= 11 is 0. The zero-order valence-corrected chi connectivity index (χ0v) is 16.3. The van der Waals surface area contributed by atoms with Crippen LogP contribution in [0.4, 0.5) is 13.2 Å². The number of nitrogens with one attached hydrogen (secondary N) is 1. The van der Waals surface area contributed by atoms with Crippen LogP contribution in [0.2, 0.25) is 0 Å². The molecule has 1 aromatic rings. The number of halogens is 5. The van der Waals surface area contributed by atoms with Gasteiger partial charge in [-0.1, -0.05) is 31.4 Å². The molecule has 1 atom stereocenters. The summed E-state index contributed by atoms with van der Waals surface area (Å²) in [5.41, 5.74) is 1.11. The molecule has 0 spiro atoms. The summed E-state index contributed by atoms with van der Waals surface area (Å²) in [4.78, 5) is 2.49. The molecule has 0 radical (unpaired) electrons. The van der Waals surface area contributed by atoms with E-state index in [1.165, 1.54) is 44.2 Å². The number of piperazine rings is 1. The first-order valence-electron chi connectivity index (χ1n) is 8.83. The highest BCUT2D eigenvalue weighted by Crippen LogP contribution is 2.39. The lowest BCUT2D eigenvalue weighted by Gasteiger charge is -2.41. The van der Waals surface area contributed by atoms with Gasteiger partial charge < -0.3 is 10.1 Å². The smallest absolute Gasteiger partial charge is 0.406 e. The molecule has 1 saturated heterocycles. The summed E-state index contributed by atoms with van der Waals surface area (Å²) in [6.45, 7) is 3.92. The molecule has 0 bridgehead atoms. The standard InChI is InChI=1S/C18H25F3N2O.2ClH/c19-18(20,21)24-16-8-6-15(7-9-16)17(14-4-2-1-3-5-14)23-12-10-22-11-13-23;;/h6-9,14,17,22H,1-5,10-13H2;2*1H/t17-;;/m1../s1. The van der Waals surface area contributed by atoms with Crippen LogP contribution < -0.4 is 10.1 Å². The van der Waals surface area contributed by atoms with Crippen molar-refractivity contribution in [3.05, 3.63) is 29.8 Å². The zero-order chi connectivity index (χ0) is 17.0. The van der Waals surface area contributed by atoms with E-state index in [1.807, 2.05) is 12.1 Å². The predicted molar refractivity (Wildman–Crippen MR) is 101 cm³/mol. The maximum atomic E-state index is 12.3. The van der Waals surface area contributed by atoms with Gasteiger partial charge in [0.1, 0.15) is 5.75 Å². The molecular formula is C18H27Cl2F3N2O. The zero-order valence-electron chi connectivity index (χ0n) is 14.6. The Balaban J connectivity index is 0.00000169. The lowest BCUT2D eigenvalue weighted by atomic mass is 9.80. The summed E-state index contributed by atoms with van der Waals surface area (Å²) < 4.78 is 41.0. The van der Waals surface area contributed by atoms with E-state index in [1.54, 1.807) is 0 Å². The van der Waals surface area contributed by atoms with Crippen LogP contribution in [0, 0.1) is 5.92 Å². The van der Waals surface area contributed by atoms with E-state index < -0.39 is 6.36 Å². The van der Waals surface area contributed by atoms with Gasteiger partial charge in [0.25, 0.3) is 0 Å². The second kappa shape index (κ2) is 10.6. The minimum absolute atomic E-state index is 0. The summed E-state index contributed by atoms with van der Waals surface area (Å²) in [5.74, 6) is 0.445. The number of hydrogen-bond acceptors (Lipinski definition) is 3. The summed E-state index contributed by atoms with van der Waals surface area (Å²) in [7, 11) is 0. The van der Waals surface area contributed by atoms with Crippen molar-refractivity contribution in [2.45, 2.75) is 44.5 Å². The number of hydrogen-bond donors (Lipinski definition) is 1. The second-order valence-corrected chi connectivity index (χ2v) is 6.75. The first-order chi connectivity index (χ1) is 11.5. The van der Waals surface area contributed by atoms with Crippen LogP contribution in [0.15, 0.2) is 24.3 Å². The van der Waals surface area contributed by atoms with Crippen molar-refractivity contribution in [2.24, 2.45) is 5.92 Å². The van der Waals surface area contributed by atoms with Crippen LogP contribution in [0.5, 0.6) is 5.75 Å². The van der Waals surface area contributed by atoms with Crippen molar-refractivity contribution in [1.82, 2.24) is 10.2 Å². The summed E-state index contributed by atoms with van der Waals surface area (Å²) in [6, 6.07) is 6.80. The first kappa shape index (κ1) is 23.3. The normalized spacial score (nSPS) is 20.6. The summed E-state index contributed by atoms with van der Waals surface area (Å²) in [6.07, 6.45) is 1.57. The Morgan fingerprint density at radius 3 is 2.08 bits per heavy atom. The molecule has 1 aromatic carbocycles. The number of benzene rings is 1. The van der Waals surface area contributed by atoms with E-state index in [-0.39, 0.29) is 30.6 Å². The Morgan fingerprint density at radius 1 is 0.962 bits per heavy atom. The van der Waals surface area contributed by atoms with E-state index in [0.29, 0.717) is 12.0 Å². The van der Waals surface area contributed by atoms with Gasteiger partial charge in [-0.2, -0.15) is 0 Å². The third-order valence-corrected chi connectivity index (χ3v) is 5.10. The quantitative estimate of drug-likeness (QED) is 0.753. The molecule has 3 nitrogen and oxygen atoms in total. The molecule has 2 aliphatic rings. The van der Waals surface area contributed by atoms with Gasteiger partial charge >= 0.3 is 6.36 Å². The van der Waals surface area contributed by atoms with Gasteiger partial charge in [0, 0.05) is 32.2 Å². The fourth-order valence-electron chi connectivity index (χ4n) is 4.06. The average Bonchev–Trinajstić information content (AvgIpc) is 2.57. The van der Waals surface area contributed by atoms with Crippen molar-refractivity contribution < 1.29 is 17.9 Å². The highest BCUT2D eigenvalue weighted by Gasteiger charge is 2.33. The van der Waals surface area contributed by atoms with Gasteiger partial charge in [-0.25, -0.2) is 0 Å². The van der Waals surface area contributed by atoms with Crippen LogP contribution in [-0.4, -0.2) is 37.4 Å². The minimum Gasteiger partial charge on any atom is -0.406 e. The molecule has 0 aromatic heterocycles. The monoisotopic (exact) mass is 414 g/mol. The fraction of sp³-hybridized carbons (Fsp3) is 0.667. The molecule has 8 heteroatoms. The average molecular weight is 415 g/mol. The van der Waals surface area contributed by atoms with Crippen molar-refractivity contribution in [3.63, 3.8) is 0 Å². The molecule has 1 saturated carbocycles. The van der Waals surface area contributed by atoms with E-state index in [0.717, 1.165) is 31.7 Å². The Bertz CT molecular complexity index is 498. The molecule has 1 heterocycles. The maximum Gasteiger partial charge on any atom is 0.573 e. The molecule has 1 N–H and O–H groups in total. The lowest BCUT2D eigenvalue weighted by Crippen LogP contribution is -2.47. The van der Waals surface area contributed by atoms with Gasteiger partial charge in [-0.3, -0.25) is 4.90 Å². The van der Waals surface area contributed by atoms with E-state index in [9.17, 15) is 13.2 Å². The molecule has 1 aliphatic carbocycles. The number of rotatable bonds is 4. The lowest BCUT2D eigenvalue weighted by molar-refractivity contribution is -0.274. The summed E-state index contributed by atoms with van der Waals surface area (Å²) in [5, 5.41) is 3.37. The van der Waals surface area contributed by atoms with Crippen LogP contribution in [0.25, 0.3) is 0 Å². The van der Waals surface area contributed by atoms with Crippen molar-refractivity contribution in [3.8, 4) is 5.75 Å². The van der Waals surface area contributed by atoms with Crippen LogP contribution >= 0.6 is 24.8 Å². The van der Waals surface area contributed by atoms with E-state index in [4.69, 9.17) is 0 Å². The van der Waals surface area contributed by atoms with Crippen molar-refractivity contribution in [2.75, 3.05) is 26.2 Å². The third-order valence-electron chi connectivity index (χ3n) is 5.10.